The molecule has 0 aliphatic heterocycles. The van der Waals surface area contributed by atoms with E-state index >= 15 is 0 Å². The number of halogens is 1. The number of hydrogen-bond acceptors (Lipinski definition) is 8. The van der Waals surface area contributed by atoms with Crippen LogP contribution in [0.4, 0.5) is 15.4 Å². The third kappa shape index (κ3) is 9.97. The summed E-state index contributed by atoms with van der Waals surface area (Å²) in [5.41, 5.74) is -1.06. The number of anilines is 1. The van der Waals surface area contributed by atoms with Gasteiger partial charge in [-0.15, -0.1) is 0 Å². The third-order valence-corrected chi connectivity index (χ3v) is 5.55. The van der Waals surface area contributed by atoms with Crippen LogP contribution in [0.2, 0.25) is 0 Å². The summed E-state index contributed by atoms with van der Waals surface area (Å²) in [5, 5.41) is -0.716. The van der Waals surface area contributed by atoms with Gasteiger partial charge in [-0.1, -0.05) is 6.07 Å². The summed E-state index contributed by atoms with van der Waals surface area (Å²) in [4.78, 5) is 30.3. The van der Waals surface area contributed by atoms with E-state index in [-0.39, 0.29) is 6.54 Å². The number of nitrogens with zero attached hydrogens (tertiary/aromatic N) is 3. The predicted octanol–water partition coefficient (Wildman–Crippen LogP) is 5.16. The van der Waals surface area contributed by atoms with E-state index in [1.165, 1.54) is 25.2 Å². The average Bonchev–Trinajstić information content (AvgIpc) is 2.57. The van der Waals surface area contributed by atoms with E-state index in [0.717, 1.165) is 4.90 Å². The Kier molecular flexibility index (Phi) is 9.47. The van der Waals surface area contributed by atoms with Crippen molar-refractivity contribution in [1.82, 2.24) is 9.88 Å². The summed E-state index contributed by atoms with van der Waals surface area (Å²) < 4.78 is 34.1. The first kappa shape index (κ1) is 27.3. The van der Waals surface area contributed by atoms with E-state index in [9.17, 15) is 14.2 Å². The molecule has 1 rings (SSSR count). The molecule has 0 aliphatic rings. The SMILES string of the molecule is CN(Cc1cccnc1N(C)C(=O)Cl)C(=O)OCOP(=O)(OC(C)(C)C)OC(C)(C)C. The first-order valence-corrected chi connectivity index (χ1v) is 11.3. The minimum atomic E-state index is -4.01. The van der Waals surface area contributed by atoms with Gasteiger partial charge < -0.3 is 9.64 Å². The van der Waals surface area contributed by atoms with Gasteiger partial charge in [0.1, 0.15) is 5.82 Å². The zero-order valence-corrected chi connectivity index (χ0v) is 20.8. The van der Waals surface area contributed by atoms with Crippen LogP contribution in [0.5, 0.6) is 0 Å². The molecular weight excluding hydrogens is 449 g/mol. The lowest BCUT2D eigenvalue weighted by Gasteiger charge is -2.30. The maximum Gasteiger partial charge on any atom is 0.478 e. The molecule has 0 atom stereocenters. The summed E-state index contributed by atoms with van der Waals surface area (Å²) in [6.07, 6.45) is 0.747. The van der Waals surface area contributed by atoms with Crippen molar-refractivity contribution in [1.29, 1.82) is 0 Å². The summed E-state index contributed by atoms with van der Waals surface area (Å²) in [7, 11) is -1.06. The van der Waals surface area contributed by atoms with Gasteiger partial charge in [-0.3, -0.25) is 18.7 Å². The average molecular weight is 480 g/mol. The zero-order chi connectivity index (χ0) is 24.0. The molecule has 0 saturated heterocycles. The highest BCUT2D eigenvalue weighted by Gasteiger charge is 2.37. The van der Waals surface area contributed by atoms with Crippen LogP contribution >= 0.6 is 19.4 Å². The fourth-order valence-corrected chi connectivity index (χ4v) is 4.00. The highest BCUT2D eigenvalue weighted by atomic mass is 35.5. The number of amides is 2. The first-order chi connectivity index (χ1) is 14.0. The summed E-state index contributed by atoms with van der Waals surface area (Å²) >= 11 is 5.51. The van der Waals surface area contributed by atoms with E-state index in [2.05, 4.69) is 4.98 Å². The van der Waals surface area contributed by atoms with E-state index in [1.807, 2.05) is 0 Å². The second-order valence-corrected chi connectivity index (χ2v) is 10.5. The molecule has 2 amide bonds. The monoisotopic (exact) mass is 479 g/mol. The van der Waals surface area contributed by atoms with Crippen molar-refractivity contribution in [3.05, 3.63) is 23.9 Å². The van der Waals surface area contributed by atoms with Gasteiger partial charge in [0.15, 0.2) is 0 Å². The Morgan fingerprint density at radius 1 is 1.10 bits per heavy atom. The molecule has 1 aromatic rings. The second kappa shape index (κ2) is 10.7. The highest BCUT2D eigenvalue weighted by Crippen LogP contribution is 2.55. The van der Waals surface area contributed by atoms with Crippen LogP contribution in [0.15, 0.2) is 18.3 Å². The topological polar surface area (TPSA) is 108 Å². The Bertz CT molecular complexity index is 803. The third-order valence-electron chi connectivity index (χ3n) is 3.33. The summed E-state index contributed by atoms with van der Waals surface area (Å²) in [6, 6.07) is 3.36. The molecule has 0 aromatic carbocycles. The number of phosphoric acid groups is 1. The van der Waals surface area contributed by atoms with E-state index in [4.69, 9.17) is 29.9 Å². The zero-order valence-electron chi connectivity index (χ0n) is 19.2. The normalized spacial score (nSPS) is 12.4. The highest BCUT2D eigenvalue weighted by molar-refractivity contribution is 7.48. The lowest BCUT2D eigenvalue weighted by Crippen LogP contribution is -2.30. The van der Waals surface area contributed by atoms with Gasteiger partial charge in [0.25, 0.3) is 0 Å². The molecule has 0 bridgehead atoms. The van der Waals surface area contributed by atoms with Crippen LogP contribution in [-0.2, 0) is 29.4 Å². The maximum atomic E-state index is 12.9. The smallest absolute Gasteiger partial charge is 0.422 e. The van der Waals surface area contributed by atoms with Gasteiger partial charge in [-0.2, -0.15) is 0 Å². The van der Waals surface area contributed by atoms with Gasteiger partial charge in [0.05, 0.1) is 17.7 Å². The van der Waals surface area contributed by atoms with E-state index in [1.54, 1.807) is 53.7 Å². The quantitative estimate of drug-likeness (QED) is 0.218. The molecule has 10 nitrogen and oxygen atoms in total. The van der Waals surface area contributed by atoms with Crippen molar-refractivity contribution < 1.29 is 32.5 Å². The number of hydrogen-bond donors (Lipinski definition) is 0. The Morgan fingerprint density at radius 3 is 2.13 bits per heavy atom. The number of carbonyl (C=O) groups is 2. The van der Waals surface area contributed by atoms with Crippen molar-refractivity contribution in [2.75, 3.05) is 25.8 Å². The molecule has 0 radical (unpaired) electrons. The molecule has 31 heavy (non-hydrogen) atoms. The van der Waals surface area contributed by atoms with Gasteiger partial charge in [0.2, 0.25) is 6.79 Å². The second-order valence-electron chi connectivity index (χ2n) is 8.67. The molecule has 0 unspecified atom stereocenters. The lowest BCUT2D eigenvalue weighted by atomic mass is 10.2. The Morgan fingerprint density at radius 2 is 1.65 bits per heavy atom. The summed E-state index contributed by atoms with van der Waals surface area (Å²) in [5.74, 6) is 0.306. The number of aromatic nitrogens is 1. The van der Waals surface area contributed by atoms with E-state index < -0.39 is 37.3 Å². The number of rotatable bonds is 8. The molecule has 1 heterocycles. The maximum absolute atomic E-state index is 12.9. The molecule has 12 heteroatoms. The minimum absolute atomic E-state index is 0.0746. The molecule has 0 spiro atoms. The van der Waals surface area contributed by atoms with Gasteiger partial charge >= 0.3 is 19.3 Å². The van der Waals surface area contributed by atoms with Gasteiger partial charge in [-0.05, 0) is 59.2 Å². The van der Waals surface area contributed by atoms with Gasteiger partial charge in [0, 0.05) is 25.9 Å². The Labute approximate surface area is 188 Å². The fourth-order valence-electron chi connectivity index (χ4n) is 2.25. The van der Waals surface area contributed by atoms with Crippen molar-refractivity contribution >= 4 is 36.7 Å². The van der Waals surface area contributed by atoms with Crippen LogP contribution in [-0.4, -0.2) is 53.4 Å². The number of carbonyl (C=O) groups excluding carboxylic acids is 2. The van der Waals surface area contributed by atoms with E-state index in [0.29, 0.717) is 11.4 Å². The molecule has 0 saturated carbocycles. The largest absolute Gasteiger partial charge is 0.478 e. The van der Waals surface area contributed by atoms with Gasteiger partial charge in [-0.25, -0.2) is 18.9 Å². The van der Waals surface area contributed by atoms with Crippen LogP contribution in [0, 0.1) is 0 Å². The number of phosphoric ester groups is 1. The minimum Gasteiger partial charge on any atom is -0.422 e. The first-order valence-electron chi connectivity index (χ1n) is 9.44. The molecule has 1 aromatic heterocycles. The molecule has 0 fully saturated rings. The lowest BCUT2D eigenvalue weighted by molar-refractivity contribution is -0.0332. The van der Waals surface area contributed by atoms with Crippen molar-refractivity contribution in [2.45, 2.75) is 59.3 Å². The van der Waals surface area contributed by atoms with Crippen molar-refractivity contribution in [2.24, 2.45) is 0 Å². The Balaban J connectivity index is 2.77. The van der Waals surface area contributed by atoms with Crippen molar-refractivity contribution in [3.8, 4) is 0 Å². The van der Waals surface area contributed by atoms with Crippen molar-refractivity contribution in [3.63, 3.8) is 0 Å². The molecule has 0 N–H and O–H groups in total. The van der Waals surface area contributed by atoms with Crippen LogP contribution in [0.1, 0.15) is 47.1 Å². The van der Waals surface area contributed by atoms with Crippen LogP contribution < -0.4 is 4.90 Å². The van der Waals surface area contributed by atoms with Crippen LogP contribution in [0.25, 0.3) is 0 Å². The standard InChI is InChI=1S/C19H31ClN3O7P/c1-18(2,3)29-31(26,30-19(4,5)6)28-13-27-17(25)22(7)12-14-10-9-11-21-15(14)23(8)16(20)24/h9-11H,12-13H2,1-8H3. The molecule has 0 aliphatic carbocycles. The number of pyridine rings is 1. The number of ether oxygens (including phenoxy) is 1. The van der Waals surface area contributed by atoms with Crippen LogP contribution in [0.3, 0.4) is 0 Å². The molecular formula is C19H31ClN3O7P. The Hall–Kier alpha value is -1.71. The molecule has 176 valence electrons. The fraction of sp³-hybridized carbons (Fsp3) is 0.632. The predicted molar refractivity (Wildman–Crippen MR) is 117 cm³/mol. The summed E-state index contributed by atoms with van der Waals surface area (Å²) in [6.45, 7) is 9.61.